The molecule has 1 N–H and O–H groups in total. The van der Waals surface area contributed by atoms with E-state index in [1.165, 1.54) is 0 Å². The first-order valence-corrected chi connectivity index (χ1v) is 13.6. The molecule has 2 aliphatic heterocycles. The van der Waals surface area contributed by atoms with Crippen LogP contribution in [-0.4, -0.2) is 53.8 Å². The first-order chi connectivity index (χ1) is 18.9. The van der Waals surface area contributed by atoms with E-state index < -0.39 is 12.1 Å². The molecule has 1 amide bonds. The fourth-order valence-corrected chi connectivity index (χ4v) is 5.94. The number of fused-ring (bicyclic) bond motifs is 3. The predicted molar refractivity (Wildman–Crippen MR) is 147 cm³/mol. The average Bonchev–Trinajstić information content (AvgIpc) is 3.38. The number of halogens is 1. The van der Waals surface area contributed by atoms with Gasteiger partial charge < -0.3 is 28.8 Å². The molecule has 1 saturated heterocycles. The lowest BCUT2D eigenvalue weighted by atomic mass is 9.93. The largest absolute Gasteiger partial charge is 0.493 e. The minimum Gasteiger partial charge on any atom is -0.493 e. The molecule has 9 heteroatoms. The summed E-state index contributed by atoms with van der Waals surface area (Å²) in [4.78, 5) is 26.1. The second-order valence-corrected chi connectivity index (χ2v) is 10.5. The number of hydrogen-bond acceptors (Lipinski definition) is 5. The quantitative estimate of drug-likeness (QED) is 0.380. The van der Waals surface area contributed by atoms with Crippen LogP contribution in [0, 0.1) is 5.92 Å². The molecule has 0 radical (unpaired) electrons. The van der Waals surface area contributed by atoms with Gasteiger partial charge in [-0.3, -0.25) is 9.59 Å². The number of nitrogens with zero attached hydrogens (tertiary/aromatic N) is 2. The van der Waals surface area contributed by atoms with Gasteiger partial charge in [0.05, 0.1) is 31.7 Å². The Morgan fingerprint density at radius 2 is 1.85 bits per heavy atom. The Kier molecular flexibility index (Phi) is 8.14. The van der Waals surface area contributed by atoms with E-state index in [-0.39, 0.29) is 24.3 Å². The van der Waals surface area contributed by atoms with Crippen LogP contribution in [0.5, 0.6) is 11.5 Å². The molecule has 0 unspecified atom stereocenters. The van der Waals surface area contributed by atoms with Gasteiger partial charge in [-0.2, -0.15) is 0 Å². The van der Waals surface area contributed by atoms with E-state index in [9.17, 15) is 9.59 Å². The number of carboxylic acid groups (broad SMARTS) is 1. The molecule has 1 aromatic heterocycles. The minimum absolute atomic E-state index is 0.0609. The average molecular weight is 553 g/mol. The van der Waals surface area contributed by atoms with Gasteiger partial charge in [0, 0.05) is 48.3 Å². The molecule has 1 fully saturated rings. The van der Waals surface area contributed by atoms with Gasteiger partial charge in [0.15, 0.2) is 11.5 Å². The van der Waals surface area contributed by atoms with Crippen molar-refractivity contribution in [3.05, 3.63) is 76.6 Å². The minimum atomic E-state index is -0.780. The number of aliphatic carboxylic acids is 1. The summed E-state index contributed by atoms with van der Waals surface area (Å²) in [5.74, 6) is 0.596. The predicted octanol–water partition coefficient (Wildman–Crippen LogP) is 5.80. The topological polar surface area (TPSA) is 90.2 Å². The Morgan fingerprint density at radius 3 is 2.56 bits per heavy atom. The summed E-state index contributed by atoms with van der Waals surface area (Å²) in [6.45, 7) is 1.18. The van der Waals surface area contributed by atoms with E-state index in [1.807, 2.05) is 59.6 Å². The highest BCUT2D eigenvalue weighted by Crippen LogP contribution is 2.46. The fraction of sp³-hybridized carbons (Fsp3) is 0.400. The number of rotatable bonds is 8. The van der Waals surface area contributed by atoms with Crippen molar-refractivity contribution in [2.45, 2.75) is 44.3 Å². The van der Waals surface area contributed by atoms with Gasteiger partial charge in [0.1, 0.15) is 6.10 Å². The van der Waals surface area contributed by atoms with Gasteiger partial charge in [-0.15, -0.1) is 0 Å². The summed E-state index contributed by atoms with van der Waals surface area (Å²) in [6, 6.07) is 15.5. The zero-order valence-electron chi connectivity index (χ0n) is 22.1. The highest BCUT2D eigenvalue weighted by molar-refractivity contribution is 6.30. The number of para-hydroxylation sites is 1. The molecule has 2 atom stereocenters. The zero-order valence-corrected chi connectivity index (χ0v) is 22.9. The fourth-order valence-electron chi connectivity index (χ4n) is 5.76. The summed E-state index contributed by atoms with van der Waals surface area (Å²) >= 11 is 6.48. The van der Waals surface area contributed by atoms with Crippen LogP contribution in [0.4, 0.5) is 0 Å². The second kappa shape index (κ2) is 11.7. The number of hydrogen-bond donors (Lipinski definition) is 1. The Bertz CT molecular complexity index is 1350. The maximum atomic E-state index is 13.2. The molecule has 0 aliphatic carbocycles. The number of likely N-dealkylation sites (tertiary alicyclic amines) is 1. The van der Waals surface area contributed by atoms with Crippen molar-refractivity contribution in [3.63, 3.8) is 0 Å². The normalized spacial score (nSPS) is 19.1. The summed E-state index contributed by atoms with van der Waals surface area (Å²) in [6.07, 6.45) is 3.51. The SMILES string of the molecule is COc1cccc([C@@H]2O[C@@H](CCC(=O)N3CCC(CC(=O)O)CC3)c3cccn3-c3ccc(Cl)cc32)c1OC. The molecule has 39 heavy (non-hydrogen) atoms. The second-order valence-electron chi connectivity index (χ2n) is 10.1. The number of methoxy groups -OCH3 is 2. The Labute approximate surface area is 233 Å². The molecular weight excluding hydrogens is 520 g/mol. The van der Waals surface area contributed by atoms with Gasteiger partial charge >= 0.3 is 5.97 Å². The van der Waals surface area contributed by atoms with Crippen LogP contribution in [-0.2, 0) is 14.3 Å². The molecule has 2 aliphatic rings. The van der Waals surface area contributed by atoms with Gasteiger partial charge in [-0.1, -0.05) is 23.7 Å². The van der Waals surface area contributed by atoms with Gasteiger partial charge in [-0.05, 0) is 61.6 Å². The van der Waals surface area contributed by atoms with E-state index in [0.29, 0.717) is 55.3 Å². The molecule has 5 rings (SSSR count). The lowest BCUT2D eigenvalue weighted by Gasteiger charge is -2.32. The molecule has 0 saturated carbocycles. The van der Waals surface area contributed by atoms with Gasteiger partial charge in [0.2, 0.25) is 5.91 Å². The van der Waals surface area contributed by atoms with Crippen LogP contribution in [0.25, 0.3) is 5.69 Å². The van der Waals surface area contributed by atoms with E-state index in [4.69, 9.17) is 30.9 Å². The number of carbonyl (C=O) groups excluding carboxylic acids is 1. The lowest BCUT2D eigenvalue weighted by molar-refractivity contribution is -0.138. The van der Waals surface area contributed by atoms with Crippen molar-refractivity contribution >= 4 is 23.5 Å². The third kappa shape index (κ3) is 5.63. The van der Waals surface area contributed by atoms with Crippen LogP contribution >= 0.6 is 11.6 Å². The summed E-state index contributed by atoms with van der Waals surface area (Å²) in [5.41, 5.74) is 3.60. The molecule has 3 heterocycles. The molecule has 2 aromatic carbocycles. The smallest absolute Gasteiger partial charge is 0.303 e. The van der Waals surface area contributed by atoms with Crippen LogP contribution in [0.2, 0.25) is 5.02 Å². The number of aromatic nitrogens is 1. The molecule has 206 valence electrons. The standard InChI is InChI=1S/C30H33ClN2O6/c1-37-26-7-3-5-21(30(26)38-2)29-22-18-20(31)8-9-23(22)33-14-4-6-24(33)25(39-29)10-11-27(34)32-15-12-19(13-16-32)17-28(35)36/h3-9,14,18-19,25,29H,10-13,15-17H2,1-2H3,(H,35,36)/t25-,29-/m0/s1. The van der Waals surface area contributed by atoms with Crippen LogP contribution in [0.3, 0.4) is 0 Å². The van der Waals surface area contributed by atoms with Crippen molar-refractivity contribution in [1.82, 2.24) is 9.47 Å². The number of carboxylic acids is 1. The third-order valence-electron chi connectivity index (χ3n) is 7.71. The highest BCUT2D eigenvalue weighted by Gasteiger charge is 2.34. The summed E-state index contributed by atoms with van der Waals surface area (Å²) < 4.78 is 20.3. The zero-order chi connectivity index (χ0) is 27.5. The van der Waals surface area contributed by atoms with Gasteiger partial charge in [-0.25, -0.2) is 0 Å². The number of ether oxygens (including phenoxy) is 3. The van der Waals surface area contributed by atoms with E-state index >= 15 is 0 Å². The Balaban J connectivity index is 1.42. The Hall–Kier alpha value is -3.49. The Morgan fingerprint density at radius 1 is 1.05 bits per heavy atom. The van der Waals surface area contributed by atoms with Crippen molar-refractivity contribution < 1.29 is 28.9 Å². The van der Waals surface area contributed by atoms with E-state index in [1.54, 1.807) is 14.2 Å². The van der Waals surface area contributed by atoms with Crippen LogP contribution in [0.15, 0.2) is 54.7 Å². The molecule has 3 aromatic rings. The van der Waals surface area contributed by atoms with Crippen molar-refractivity contribution in [2.75, 3.05) is 27.3 Å². The van der Waals surface area contributed by atoms with Crippen LogP contribution in [0.1, 0.15) is 61.1 Å². The van der Waals surface area contributed by atoms with E-state index in [0.717, 1.165) is 22.5 Å². The number of amides is 1. The van der Waals surface area contributed by atoms with Crippen LogP contribution < -0.4 is 9.47 Å². The van der Waals surface area contributed by atoms with Crippen molar-refractivity contribution in [2.24, 2.45) is 5.92 Å². The molecule has 0 bridgehead atoms. The van der Waals surface area contributed by atoms with Crippen molar-refractivity contribution in [1.29, 1.82) is 0 Å². The number of carbonyl (C=O) groups is 2. The third-order valence-corrected chi connectivity index (χ3v) is 7.94. The first kappa shape index (κ1) is 27.1. The van der Waals surface area contributed by atoms with Crippen molar-refractivity contribution in [3.8, 4) is 17.2 Å². The summed E-state index contributed by atoms with van der Waals surface area (Å²) in [7, 11) is 3.21. The van der Waals surface area contributed by atoms with E-state index in [2.05, 4.69) is 4.57 Å². The first-order valence-electron chi connectivity index (χ1n) is 13.2. The maximum Gasteiger partial charge on any atom is 0.303 e. The number of benzene rings is 2. The van der Waals surface area contributed by atoms with Gasteiger partial charge in [0.25, 0.3) is 0 Å². The maximum absolute atomic E-state index is 13.2. The molecule has 0 spiro atoms. The molecule has 8 nitrogen and oxygen atoms in total. The summed E-state index contributed by atoms with van der Waals surface area (Å²) in [5, 5.41) is 9.68. The lowest BCUT2D eigenvalue weighted by Crippen LogP contribution is -2.39. The number of piperidine rings is 1. The molecular formula is C30H33ClN2O6. The highest BCUT2D eigenvalue weighted by atomic mass is 35.5. The monoisotopic (exact) mass is 552 g/mol.